The molecular formula is C21H24N2O6. The molecule has 4 aliphatic carbocycles. The van der Waals surface area contributed by atoms with Gasteiger partial charge in [0.25, 0.3) is 0 Å². The molecule has 5 N–H and O–H groups in total. The number of aromatic hydroxyl groups is 4. The Hall–Kier alpha value is -3.03. The summed E-state index contributed by atoms with van der Waals surface area (Å²) in [5.41, 5.74) is 2.12. The van der Waals surface area contributed by atoms with Crippen molar-refractivity contribution in [2.24, 2.45) is 18.9 Å². The Morgan fingerprint density at radius 2 is 1.34 bits per heavy atom. The molecule has 0 aliphatic heterocycles. The fourth-order valence-corrected chi connectivity index (χ4v) is 5.75. The number of hydrogen-bond acceptors (Lipinski definition) is 5. The highest BCUT2D eigenvalue weighted by molar-refractivity contribution is 5.72. The van der Waals surface area contributed by atoms with Gasteiger partial charge in [-0.25, -0.2) is 0 Å². The minimum absolute atomic E-state index is 0.0635. The summed E-state index contributed by atoms with van der Waals surface area (Å²) in [7, 11) is 1.56. The predicted molar refractivity (Wildman–Crippen MR) is 103 cm³/mol. The van der Waals surface area contributed by atoms with Gasteiger partial charge in [-0.3, -0.25) is 13.9 Å². The van der Waals surface area contributed by atoms with E-state index in [4.69, 9.17) is 0 Å². The van der Waals surface area contributed by atoms with Crippen LogP contribution in [0.4, 0.5) is 0 Å². The third-order valence-electron chi connectivity index (χ3n) is 7.01. The first-order valence-corrected chi connectivity index (χ1v) is 9.89. The van der Waals surface area contributed by atoms with Gasteiger partial charge in [-0.2, -0.15) is 0 Å². The molecule has 29 heavy (non-hydrogen) atoms. The Balaban J connectivity index is 1.66. The lowest BCUT2D eigenvalue weighted by molar-refractivity contribution is -0.143. The summed E-state index contributed by atoms with van der Waals surface area (Å²) in [5, 5.41) is 52.7. The summed E-state index contributed by atoms with van der Waals surface area (Å²) in [6, 6.07) is -0.336. The largest absolute Gasteiger partial charge is 0.494 e. The Kier molecular flexibility index (Phi) is 3.57. The second-order valence-electron chi connectivity index (χ2n) is 8.72. The average Bonchev–Trinajstić information content (AvgIpc) is 3.10. The number of allylic oxidation sites excluding steroid dienone is 2. The molecule has 8 nitrogen and oxygen atoms in total. The molecule has 0 aromatic carbocycles. The lowest BCUT2D eigenvalue weighted by atomic mass is 9.70. The van der Waals surface area contributed by atoms with Crippen molar-refractivity contribution >= 4 is 5.97 Å². The van der Waals surface area contributed by atoms with Crippen LogP contribution in [0.3, 0.4) is 0 Å². The van der Waals surface area contributed by atoms with E-state index < -0.39 is 23.7 Å². The van der Waals surface area contributed by atoms with E-state index in [1.54, 1.807) is 7.05 Å². The predicted octanol–water partition coefficient (Wildman–Crippen LogP) is 2.86. The Morgan fingerprint density at radius 3 is 1.83 bits per heavy atom. The highest BCUT2D eigenvalue weighted by Gasteiger charge is 2.47. The van der Waals surface area contributed by atoms with Gasteiger partial charge in [0.05, 0.1) is 5.92 Å². The number of aliphatic carboxylic acids is 1. The number of nitrogens with zero attached hydrogens (tertiary/aromatic N) is 2. The maximum Gasteiger partial charge on any atom is 0.306 e. The fourth-order valence-electron chi connectivity index (χ4n) is 5.75. The molecule has 4 aliphatic rings. The summed E-state index contributed by atoms with van der Waals surface area (Å²) < 4.78 is 2.76. The van der Waals surface area contributed by atoms with E-state index in [0.29, 0.717) is 41.5 Å². The Labute approximate surface area is 166 Å². The van der Waals surface area contributed by atoms with Crippen LogP contribution in [0.1, 0.15) is 66.3 Å². The van der Waals surface area contributed by atoms with E-state index >= 15 is 0 Å². The molecule has 1 saturated carbocycles. The third-order valence-corrected chi connectivity index (χ3v) is 7.01. The number of carboxylic acid groups (broad SMARTS) is 1. The minimum atomic E-state index is -0.859. The highest BCUT2D eigenvalue weighted by Crippen LogP contribution is 2.61. The first kappa shape index (κ1) is 18.0. The molecule has 2 aromatic heterocycles. The normalized spacial score (nSPS) is 29.7. The Morgan fingerprint density at radius 1 is 0.862 bits per heavy atom. The summed E-state index contributed by atoms with van der Waals surface area (Å²) in [4.78, 5) is 11.6. The monoisotopic (exact) mass is 400 g/mol. The van der Waals surface area contributed by atoms with Crippen molar-refractivity contribution in [1.29, 1.82) is 0 Å². The summed E-state index contributed by atoms with van der Waals surface area (Å²) in [5.74, 6) is -2.51. The van der Waals surface area contributed by atoms with Gasteiger partial charge >= 0.3 is 5.97 Å². The van der Waals surface area contributed by atoms with Crippen LogP contribution in [0.15, 0.2) is 12.2 Å². The van der Waals surface area contributed by atoms with Gasteiger partial charge in [-0.05, 0) is 25.2 Å². The molecule has 154 valence electrons. The number of rotatable bonds is 2. The van der Waals surface area contributed by atoms with Gasteiger partial charge in [0.1, 0.15) is 0 Å². The number of hydrogen-bond donors (Lipinski definition) is 5. The van der Waals surface area contributed by atoms with Gasteiger partial charge in [0.15, 0.2) is 23.5 Å². The van der Waals surface area contributed by atoms with Crippen molar-refractivity contribution < 1.29 is 30.3 Å². The molecule has 0 amide bonds. The molecule has 8 heteroatoms. The van der Waals surface area contributed by atoms with Crippen molar-refractivity contribution in [2.45, 2.75) is 44.1 Å². The molecule has 2 bridgehead atoms. The smallest absolute Gasteiger partial charge is 0.306 e. The van der Waals surface area contributed by atoms with E-state index in [1.165, 1.54) is 9.13 Å². The second kappa shape index (κ2) is 5.75. The van der Waals surface area contributed by atoms with Gasteiger partial charge in [0, 0.05) is 47.2 Å². The molecule has 0 saturated heterocycles. The molecule has 6 rings (SSSR count). The number of carbonyl (C=O) groups is 1. The third kappa shape index (κ3) is 2.17. The highest BCUT2D eigenvalue weighted by atomic mass is 16.4. The van der Waals surface area contributed by atoms with E-state index in [-0.39, 0.29) is 35.5 Å². The van der Waals surface area contributed by atoms with Crippen molar-refractivity contribution in [2.75, 3.05) is 0 Å². The minimum Gasteiger partial charge on any atom is -0.494 e. The van der Waals surface area contributed by atoms with Crippen LogP contribution in [0.25, 0.3) is 0 Å². The van der Waals surface area contributed by atoms with E-state index in [9.17, 15) is 30.3 Å². The molecule has 0 spiro atoms. The average molecular weight is 400 g/mol. The van der Waals surface area contributed by atoms with Crippen molar-refractivity contribution in [3.8, 4) is 23.5 Å². The van der Waals surface area contributed by atoms with Crippen LogP contribution < -0.4 is 0 Å². The van der Waals surface area contributed by atoms with Crippen LogP contribution in [0.5, 0.6) is 23.5 Å². The summed E-state index contributed by atoms with van der Waals surface area (Å²) in [6.07, 6.45) is 5.30. The second-order valence-corrected chi connectivity index (χ2v) is 8.72. The molecule has 5 atom stereocenters. The molecule has 2 heterocycles. The molecule has 2 aromatic rings. The van der Waals surface area contributed by atoms with E-state index in [1.807, 2.05) is 19.1 Å². The van der Waals surface area contributed by atoms with Crippen LogP contribution in [-0.4, -0.2) is 40.6 Å². The van der Waals surface area contributed by atoms with Gasteiger partial charge < -0.3 is 25.5 Å². The maximum atomic E-state index is 11.6. The zero-order valence-corrected chi connectivity index (χ0v) is 16.2. The number of aromatic nitrogens is 2. The van der Waals surface area contributed by atoms with Crippen molar-refractivity contribution in [1.82, 2.24) is 9.13 Å². The van der Waals surface area contributed by atoms with Crippen LogP contribution in [-0.2, 0) is 11.8 Å². The summed E-state index contributed by atoms with van der Waals surface area (Å²) in [6.45, 7) is 1.98. The zero-order valence-electron chi connectivity index (χ0n) is 16.2. The SMILES string of the molecule is CC1CC(C(=O)O)CC(n2c(O)c3c(c2O)C2C=CC3c3c2c(O)n(C)c3O)C1. The first-order valence-electron chi connectivity index (χ1n) is 9.89. The maximum absolute atomic E-state index is 11.6. The van der Waals surface area contributed by atoms with E-state index in [0.717, 1.165) is 0 Å². The van der Waals surface area contributed by atoms with Crippen LogP contribution >= 0.6 is 0 Å². The quantitative estimate of drug-likeness (QED) is 0.493. The van der Waals surface area contributed by atoms with E-state index in [2.05, 4.69) is 0 Å². The molecule has 0 radical (unpaired) electrons. The van der Waals surface area contributed by atoms with Gasteiger partial charge in [0.2, 0.25) is 0 Å². The Bertz CT molecular complexity index is 1020. The number of carboxylic acids is 1. The standard InChI is InChI=1S/C21H24N2O6/c1-8-5-9(21(28)29)7-10(6-8)23-19(26)15-11-3-4-12(16(15)20(23)27)14-13(11)17(24)22(2)18(14)25/h3-4,8-12,24-27H,5-7H2,1-2H3,(H,28,29). The van der Waals surface area contributed by atoms with Gasteiger partial charge in [-0.1, -0.05) is 19.1 Å². The fraction of sp³-hybridized carbons (Fsp3) is 0.476. The lowest BCUT2D eigenvalue weighted by Gasteiger charge is -2.32. The van der Waals surface area contributed by atoms with Gasteiger partial charge in [-0.15, -0.1) is 0 Å². The first-order chi connectivity index (χ1) is 13.7. The topological polar surface area (TPSA) is 128 Å². The van der Waals surface area contributed by atoms with Crippen molar-refractivity contribution in [3.05, 3.63) is 34.4 Å². The molecule has 1 fully saturated rings. The summed E-state index contributed by atoms with van der Waals surface area (Å²) >= 11 is 0. The lowest BCUT2D eigenvalue weighted by Crippen LogP contribution is -2.28. The molecular weight excluding hydrogens is 376 g/mol. The molecule has 5 unspecified atom stereocenters. The van der Waals surface area contributed by atoms with Crippen molar-refractivity contribution in [3.63, 3.8) is 0 Å². The van der Waals surface area contributed by atoms with Crippen LogP contribution in [0, 0.1) is 11.8 Å². The van der Waals surface area contributed by atoms with Crippen LogP contribution in [0.2, 0.25) is 0 Å². The zero-order chi connectivity index (χ0) is 20.8.